The Morgan fingerprint density at radius 2 is 2.08 bits per heavy atom. The van der Waals surface area contributed by atoms with Crippen molar-refractivity contribution in [2.24, 2.45) is 7.05 Å². The molecule has 1 fully saturated rings. The Labute approximate surface area is 146 Å². The Balaban J connectivity index is 1.51. The molecule has 1 aliphatic rings. The highest BCUT2D eigenvalue weighted by molar-refractivity contribution is 7.14. The lowest BCUT2D eigenvalue weighted by Gasteiger charge is -1.99. The molecule has 0 bridgehead atoms. The second kappa shape index (κ2) is 6.03. The molecular formula is C17H14F2N4OS. The van der Waals surface area contributed by atoms with Gasteiger partial charge < -0.3 is 0 Å². The van der Waals surface area contributed by atoms with Gasteiger partial charge in [0.25, 0.3) is 5.91 Å². The highest BCUT2D eigenvalue weighted by atomic mass is 32.1. The van der Waals surface area contributed by atoms with Crippen molar-refractivity contribution in [1.82, 2.24) is 14.8 Å². The van der Waals surface area contributed by atoms with Crippen molar-refractivity contribution in [2.45, 2.75) is 18.8 Å². The second-order valence-electron chi connectivity index (χ2n) is 5.97. The molecule has 2 aromatic heterocycles. The molecule has 1 saturated carbocycles. The van der Waals surface area contributed by atoms with Crippen molar-refractivity contribution in [1.29, 1.82) is 0 Å². The summed E-state index contributed by atoms with van der Waals surface area (Å²) in [7, 11) is 1.83. The lowest BCUT2D eigenvalue weighted by atomic mass is 10.2. The van der Waals surface area contributed by atoms with Crippen LogP contribution in [0, 0.1) is 11.6 Å². The highest BCUT2D eigenvalue weighted by Crippen LogP contribution is 2.40. The van der Waals surface area contributed by atoms with E-state index in [1.165, 1.54) is 17.4 Å². The number of hydrogen-bond donors (Lipinski definition) is 1. The fourth-order valence-electron chi connectivity index (χ4n) is 2.63. The first kappa shape index (κ1) is 15.9. The van der Waals surface area contributed by atoms with E-state index in [1.54, 1.807) is 16.1 Å². The molecule has 0 unspecified atom stereocenters. The van der Waals surface area contributed by atoms with E-state index in [0.29, 0.717) is 28.0 Å². The third-order valence-corrected chi connectivity index (χ3v) is 4.84. The van der Waals surface area contributed by atoms with Crippen LogP contribution < -0.4 is 5.32 Å². The van der Waals surface area contributed by atoms with Crippen LogP contribution in [0.5, 0.6) is 0 Å². The first-order valence-corrected chi connectivity index (χ1v) is 8.65. The zero-order valence-corrected chi connectivity index (χ0v) is 14.1. The Morgan fingerprint density at radius 1 is 1.28 bits per heavy atom. The lowest BCUT2D eigenvalue weighted by molar-refractivity contribution is 0.102. The SMILES string of the molecule is Cn1nc(C(=O)Nc2nc(-c3ccc(F)c(F)c3)cs2)cc1C1CC1. The first-order valence-electron chi connectivity index (χ1n) is 7.77. The van der Waals surface area contributed by atoms with Crippen LogP contribution >= 0.6 is 11.3 Å². The molecule has 0 spiro atoms. The minimum Gasteiger partial charge on any atom is -0.296 e. The van der Waals surface area contributed by atoms with Gasteiger partial charge in [0.2, 0.25) is 0 Å². The number of carbonyl (C=O) groups excluding carboxylic acids is 1. The van der Waals surface area contributed by atoms with Crippen molar-refractivity contribution in [3.8, 4) is 11.3 Å². The molecule has 1 amide bonds. The molecule has 2 heterocycles. The molecule has 0 atom stereocenters. The van der Waals surface area contributed by atoms with Crippen LogP contribution in [-0.2, 0) is 7.05 Å². The summed E-state index contributed by atoms with van der Waals surface area (Å²) in [6.07, 6.45) is 2.26. The number of aromatic nitrogens is 3. The molecule has 5 nitrogen and oxygen atoms in total. The zero-order chi connectivity index (χ0) is 17.6. The first-order chi connectivity index (χ1) is 12.0. The predicted octanol–water partition coefficient (Wildman–Crippen LogP) is 3.95. The van der Waals surface area contributed by atoms with Crippen LogP contribution in [0.3, 0.4) is 0 Å². The third-order valence-electron chi connectivity index (χ3n) is 4.08. The Morgan fingerprint density at radius 3 is 2.80 bits per heavy atom. The lowest BCUT2D eigenvalue weighted by Crippen LogP contribution is -2.12. The van der Waals surface area contributed by atoms with Gasteiger partial charge in [0, 0.05) is 29.6 Å². The third kappa shape index (κ3) is 3.17. The Kier molecular flexibility index (Phi) is 3.84. The van der Waals surface area contributed by atoms with E-state index in [0.717, 1.165) is 30.7 Å². The molecule has 1 aromatic carbocycles. The summed E-state index contributed by atoms with van der Waals surface area (Å²) in [5.41, 5.74) is 2.32. The van der Waals surface area contributed by atoms with Gasteiger partial charge in [-0.15, -0.1) is 11.3 Å². The largest absolute Gasteiger partial charge is 0.296 e. The monoisotopic (exact) mass is 360 g/mol. The Bertz CT molecular complexity index is 961. The summed E-state index contributed by atoms with van der Waals surface area (Å²) in [5.74, 6) is -1.68. The normalized spacial score (nSPS) is 13.9. The number of hydrogen-bond acceptors (Lipinski definition) is 4. The number of halogens is 2. The van der Waals surface area contributed by atoms with E-state index in [4.69, 9.17) is 0 Å². The molecule has 0 radical (unpaired) electrons. The van der Waals surface area contributed by atoms with Gasteiger partial charge in [0.1, 0.15) is 0 Å². The number of aryl methyl sites for hydroxylation is 1. The van der Waals surface area contributed by atoms with Crippen LogP contribution in [0.4, 0.5) is 13.9 Å². The Hall–Kier alpha value is -2.61. The number of amides is 1. The predicted molar refractivity (Wildman–Crippen MR) is 90.6 cm³/mol. The molecule has 4 rings (SSSR count). The summed E-state index contributed by atoms with van der Waals surface area (Å²) in [6, 6.07) is 5.38. The zero-order valence-electron chi connectivity index (χ0n) is 13.3. The number of nitrogens with one attached hydrogen (secondary N) is 1. The molecule has 8 heteroatoms. The van der Waals surface area contributed by atoms with Crippen molar-refractivity contribution in [3.63, 3.8) is 0 Å². The van der Waals surface area contributed by atoms with Crippen molar-refractivity contribution >= 4 is 22.4 Å². The van der Waals surface area contributed by atoms with Gasteiger partial charge in [-0.1, -0.05) is 0 Å². The quantitative estimate of drug-likeness (QED) is 0.766. The number of anilines is 1. The summed E-state index contributed by atoms with van der Waals surface area (Å²) < 4.78 is 28.1. The number of thiazole rings is 1. The van der Waals surface area contributed by atoms with Gasteiger partial charge in [-0.25, -0.2) is 13.8 Å². The van der Waals surface area contributed by atoms with Gasteiger partial charge >= 0.3 is 0 Å². The summed E-state index contributed by atoms with van der Waals surface area (Å²) in [5, 5.41) is 9.00. The van der Waals surface area contributed by atoms with Crippen LogP contribution in [0.2, 0.25) is 0 Å². The second-order valence-corrected chi connectivity index (χ2v) is 6.83. The van der Waals surface area contributed by atoms with E-state index >= 15 is 0 Å². The minimum atomic E-state index is -0.933. The van der Waals surface area contributed by atoms with Gasteiger partial charge in [-0.2, -0.15) is 5.10 Å². The van der Waals surface area contributed by atoms with E-state index in [-0.39, 0.29) is 5.91 Å². The average molecular weight is 360 g/mol. The summed E-state index contributed by atoms with van der Waals surface area (Å²) >= 11 is 1.21. The highest BCUT2D eigenvalue weighted by Gasteiger charge is 2.28. The standard InChI is InChI=1S/C17H14F2N4OS/c1-23-15(9-2-3-9)7-13(22-23)16(24)21-17-20-14(8-25-17)10-4-5-11(18)12(19)6-10/h4-9H,2-3H2,1H3,(H,20,21,24). The molecule has 128 valence electrons. The number of rotatable bonds is 4. The number of nitrogens with zero attached hydrogens (tertiary/aromatic N) is 3. The van der Waals surface area contributed by atoms with E-state index in [1.807, 2.05) is 7.05 Å². The van der Waals surface area contributed by atoms with Gasteiger partial charge in [0.05, 0.1) is 5.69 Å². The molecule has 1 N–H and O–H groups in total. The molecule has 0 saturated heterocycles. The number of carbonyl (C=O) groups is 1. The van der Waals surface area contributed by atoms with Crippen molar-refractivity contribution < 1.29 is 13.6 Å². The maximum absolute atomic E-state index is 13.3. The van der Waals surface area contributed by atoms with Crippen molar-refractivity contribution in [2.75, 3.05) is 5.32 Å². The van der Waals surface area contributed by atoms with Crippen LogP contribution in [0.1, 0.15) is 34.9 Å². The van der Waals surface area contributed by atoms with E-state index in [9.17, 15) is 13.6 Å². The number of benzene rings is 1. The van der Waals surface area contributed by atoms with Crippen molar-refractivity contribution in [3.05, 3.63) is 52.7 Å². The smallest absolute Gasteiger partial charge is 0.277 e. The molecule has 3 aromatic rings. The molecular weight excluding hydrogens is 346 g/mol. The maximum Gasteiger partial charge on any atom is 0.277 e. The van der Waals surface area contributed by atoms with E-state index in [2.05, 4.69) is 15.4 Å². The molecule has 1 aliphatic carbocycles. The molecule has 0 aliphatic heterocycles. The summed E-state index contributed by atoms with van der Waals surface area (Å²) in [6.45, 7) is 0. The van der Waals surface area contributed by atoms with Gasteiger partial charge in [-0.05, 0) is 37.1 Å². The van der Waals surface area contributed by atoms with Crippen LogP contribution in [0.25, 0.3) is 11.3 Å². The van der Waals surface area contributed by atoms with E-state index < -0.39 is 11.6 Å². The van der Waals surface area contributed by atoms with Crippen LogP contribution in [0.15, 0.2) is 29.6 Å². The molecule has 25 heavy (non-hydrogen) atoms. The van der Waals surface area contributed by atoms with Gasteiger partial charge in [-0.3, -0.25) is 14.8 Å². The summed E-state index contributed by atoms with van der Waals surface area (Å²) in [4.78, 5) is 16.6. The van der Waals surface area contributed by atoms with Crippen LogP contribution in [-0.4, -0.2) is 20.7 Å². The van der Waals surface area contributed by atoms with Gasteiger partial charge in [0.15, 0.2) is 22.5 Å². The fraction of sp³-hybridized carbons (Fsp3) is 0.235. The minimum absolute atomic E-state index is 0.339. The fourth-order valence-corrected chi connectivity index (χ4v) is 3.35. The topological polar surface area (TPSA) is 59.8 Å². The maximum atomic E-state index is 13.3. The average Bonchev–Trinajstić information content (AvgIpc) is 3.19.